The fraction of sp³-hybridized carbons (Fsp3) is 0.294. The molecule has 0 saturated carbocycles. The van der Waals surface area contributed by atoms with Crippen LogP contribution < -0.4 is 5.32 Å². The molecule has 0 radical (unpaired) electrons. The van der Waals surface area contributed by atoms with Crippen LogP contribution in [0.5, 0.6) is 0 Å². The lowest BCUT2D eigenvalue weighted by molar-refractivity contribution is -0.00203. The second-order valence-electron chi connectivity index (χ2n) is 5.49. The number of halogens is 2. The molecule has 2 N–H and O–H groups in total. The molecule has 1 aliphatic rings. The van der Waals surface area contributed by atoms with Gasteiger partial charge in [0.15, 0.2) is 0 Å². The SMILES string of the molecule is OC(c1ccccc1)(c1ccccc1)[C@@H]1CC(F)(F)CN1. The Bertz CT molecular complexity index is 561. The molecule has 0 aromatic heterocycles. The zero-order valence-electron chi connectivity index (χ0n) is 11.5. The van der Waals surface area contributed by atoms with Crippen LogP contribution in [0, 0.1) is 0 Å². The summed E-state index contributed by atoms with van der Waals surface area (Å²) in [4.78, 5) is 0. The van der Waals surface area contributed by atoms with Crippen LogP contribution >= 0.6 is 0 Å². The van der Waals surface area contributed by atoms with Gasteiger partial charge < -0.3 is 10.4 Å². The van der Waals surface area contributed by atoms with E-state index in [-0.39, 0.29) is 6.42 Å². The molecule has 0 amide bonds. The summed E-state index contributed by atoms with van der Waals surface area (Å²) in [6, 6.07) is 17.2. The van der Waals surface area contributed by atoms with Crippen molar-refractivity contribution in [3.63, 3.8) is 0 Å². The largest absolute Gasteiger partial charge is 0.379 e. The summed E-state index contributed by atoms with van der Waals surface area (Å²) in [5, 5.41) is 14.1. The van der Waals surface area contributed by atoms with Gasteiger partial charge in [-0.15, -0.1) is 0 Å². The zero-order valence-corrected chi connectivity index (χ0v) is 11.5. The van der Waals surface area contributed by atoms with Crippen molar-refractivity contribution in [1.29, 1.82) is 0 Å². The van der Waals surface area contributed by atoms with Crippen molar-refractivity contribution in [3.8, 4) is 0 Å². The molecule has 0 bridgehead atoms. The number of hydrogen-bond acceptors (Lipinski definition) is 2. The molecule has 4 heteroatoms. The molecular weight excluding hydrogens is 272 g/mol. The number of aliphatic hydroxyl groups is 1. The van der Waals surface area contributed by atoms with Crippen LogP contribution in [-0.2, 0) is 5.60 Å². The standard InChI is InChI=1S/C17H17F2NO/c18-16(19)11-15(20-12-16)17(21,13-7-3-1-4-8-13)14-9-5-2-6-10-14/h1-10,15,20-21H,11-12H2/t15-/m0/s1. The van der Waals surface area contributed by atoms with Gasteiger partial charge in [-0.3, -0.25) is 0 Å². The highest BCUT2D eigenvalue weighted by atomic mass is 19.3. The van der Waals surface area contributed by atoms with Crippen molar-refractivity contribution in [2.45, 2.75) is 24.0 Å². The Morgan fingerprint density at radius 2 is 1.43 bits per heavy atom. The highest BCUT2D eigenvalue weighted by molar-refractivity contribution is 5.38. The van der Waals surface area contributed by atoms with E-state index in [2.05, 4.69) is 5.32 Å². The second kappa shape index (κ2) is 5.20. The van der Waals surface area contributed by atoms with Crippen LogP contribution in [0.2, 0.25) is 0 Å². The average molecular weight is 289 g/mol. The maximum absolute atomic E-state index is 13.6. The quantitative estimate of drug-likeness (QED) is 0.910. The molecule has 0 spiro atoms. The number of benzene rings is 2. The van der Waals surface area contributed by atoms with Crippen molar-refractivity contribution in [1.82, 2.24) is 5.32 Å². The Hall–Kier alpha value is -1.78. The molecule has 1 atom stereocenters. The van der Waals surface area contributed by atoms with Crippen LogP contribution in [0.4, 0.5) is 8.78 Å². The minimum atomic E-state index is -2.79. The summed E-state index contributed by atoms with van der Waals surface area (Å²) in [6.07, 6.45) is -0.382. The van der Waals surface area contributed by atoms with Crippen LogP contribution in [0.15, 0.2) is 60.7 Å². The molecule has 1 heterocycles. The molecule has 2 nitrogen and oxygen atoms in total. The molecule has 0 aliphatic carbocycles. The lowest BCUT2D eigenvalue weighted by Gasteiger charge is -2.35. The minimum absolute atomic E-state index is 0.382. The van der Waals surface area contributed by atoms with E-state index in [0.717, 1.165) is 0 Å². The van der Waals surface area contributed by atoms with Crippen molar-refractivity contribution in [2.24, 2.45) is 0 Å². The van der Waals surface area contributed by atoms with Gasteiger partial charge in [0.05, 0.1) is 12.6 Å². The first kappa shape index (κ1) is 14.2. The van der Waals surface area contributed by atoms with Gasteiger partial charge in [-0.05, 0) is 11.1 Å². The van der Waals surface area contributed by atoms with Gasteiger partial charge >= 0.3 is 0 Å². The third-order valence-corrected chi connectivity index (χ3v) is 4.04. The number of rotatable bonds is 3. The zero-order chi connectivity index (χ0) is 14.9. The summed E-state index contributed by atoms with van der Waals surface area (Å²) >= 11 is 0. The Kier molecular flexibility index (Phi) is 3.51. The van der Waals surface area contributed by atoms with Crippen molar-refractivity contribution in [3.05, 3.63) is 71.8 Å². The number of alkyl halides is 2. The molecular formula is C17H17F2NO. The van der Waals surface area contributed by atoms with Gasteiger partial charge in [0.2, 0.25) is 0 Å². The van der Waals surface area contributed by atoms with E-state index in [1.807, 2.05) is 12.1 Å². The topological polar surface area (TPSA) is 32.3 Å². The maximum atomic E-state index is 13.6. The number of nitrogens with one attached hydrogen (secondary N) is 1. The van der Waals surface area contributed by atoms with E-state index in [1.165, 1.54) is 0 Å². The van der Waals surface area contributed by atoms with Crippen molar-refractivity contribution >= 4 is 0 Å². The van der Waals surface area contributed by atoms with Gasteiger partial charge in [-0.2, -0.15) is 0 Å². The van der Waals surface area contributed by atoms with Gasteiger partial charge in [0.1, 0.15) is 5.60 Å². The predicted molar refractivity (Wildman–Crippen MR) is 77.2 cm³/mol. The normalized spacial score (nSPS) is 21.4. The van der Waals surface area contributed by atoms with Crippen LogP contribution in [0.3, 0.4) is 0 Å². The smallest absolute Gasteiger partial charge is 0.261 e. The average Bonchev–Trinajstić information content (AvgIpc) is 2.89. The first-order valence-electron chi connectivity index (χ1n) is 6.97. The molecule has 3 rings (SSSR count). The van der Waals surface area contributed by atoms with Crippen LogP contribution in [-0.4, -0.2) is 23.6 Å². The highest BCUT2D eigenvalue weighted by Crippen LogP contribution is 2.40. The summed E-state index contributed by atoms with van der Waals surface area (Å²) in [5.74, 6) is -2.79. The van der Waals surface area contributed by atoms with Crippen LogP contribution in [0.1, 0.15) is 17.5 Å². The maximum Gasteiger partial charge on any atom is 0.261 e. The van der Waals surface area contributed by atoms with E-state index < -0.39 is 24.1 Å². The summed E-state index contributed by atoms with van der Waals surface area (Å²) < 4.78 is 27.2. The summed E-state index contributed by atoms with van der Waals surface area (Å²) in [5.41, 5.74) is -0.236. The molecule has 1 saturated heterocycles. The third-order valence-electron chi connectivity index (χ3n) is 4.04. The first-order chi connectivity index (χ1) is 10.0. The molecule has 2 aromatic carbocycles. The fourth-order valence-corrected chi connectivity index (χ4v) is 2.96. The monoisotopic (exact) mass is 289 g/mol. The first-order valence-corrected chi connectivity index (χ1v) is 6.97. The molecule has 110 valence electrons. The van der Waals surface area contributed by atoms with Gasteiger partial charge in [0, 0.05) is 6.42 Å². The Balaban J connectivity index is 2.08. The van der Waals surface area contributed by atoms with E-state index in [4.69, 9.17) is 0 Å². The predicted octanol–water partition coefficient (Wildman–Crippen LogP) is 2.92. The van der Waals surface area contributed by atoms with E-state index in [0.29, 0.717) is 11.1 Å². The highest BCUT2D eigenvalue weighted by Gasteiger charge is 2.50. The Morgan fingerprint density at radius 3 is 1.81 bits per heavy atom. The molecule has 1 fully saturated rings. The lowest BCUT2D eigenvalue weighted by Crippen LogP contribution is -2.46. The van der Waals surface area contributed by atoms with Gasteiger partial charge in [-0.25, -0.2) is 8.78 Å². The Labute approximate surface area is 122 Å². The lowest BCUT2D eigenvalue weighted by atomic mass is 9.79. The molecule has 1 aliphatic heterocycles. The summed E-state index contributed by atoms with van der Waals surface area (Å²) in [7, 11) is 0. The minimum Gasteiger partial charge on any atom is -0.379 e. The van der Waals surface area contributed by atoms with Crippen molar-refractivity contribution < 1.29 is 13.9 Å². The summed E-state index contributed by atoms with van der Waals surface area (Å²) in [6.45, 7) is -0.403. The third kappa shape index (κ3) is 2.57. The number of hydrogen-bond donors (Lipinski definition) is 2. The Morgan fingerprint density at radius 1 is 0.952 bits per heavy atom. The van der Waals surface area contributed by atoms with Gasteiger partial charge in [-0.1, -0.05) is 60.7 Å². The van der Waals surface area contributed by atoms with E-state index in [9.17, 15) is 13.9 Å². The van der Waals surface area contributed by atoms with Crippen molar-refractivity contribution in [2.75, 3.05) is 6.54 Å². The molecule has 2 aromatic rings. The van der Waals surface area contributed by atoms with Crippen LogP contribution in [0.25, 0.3) is 0 Å². The second-order valence-corrected chi connectivity index (χ2v) is 5.49. The molecule has 0 unspecified atom stereocenters. The fourth-order valence-electron chi connectivity index (χ4n) is 2.96. The van der Waals surface area contributed by atoms with E-state index >= 15 is 0 Å². The molecule has 21 heavy (non-hydrogen) atoms. The van der Waals surface area contributed by atoms with E-state index in [1.54, 1.807) is 48.5 Å². The van der Waals surface area contributed by atoms with Gasteiger partial charge in [0.25, 0.3) is 5.92 Å².